The first-order chi connectivity index (χ1) is 9.25. The van der Waals surface area contributed by atoms with Crippen LogP contribution >= 0.6 is 12.4 Å². The molecule has 1 aliphatic heterocycles. The van der Waals surface area contributed by atoms with Crippen LogP contribution in [0.3, 0.4) is 0 Å². The van der Waals surface area contributed by atoms with Crippen molar-refractivity contribution < 1.29 is 9.90 Å². The van der Waals surface area contributed by atoms with Crippen molar-refractivity contribution in [2.24, 2.45) is 0 Å². The number of hydrogen-bond donors (Lipinski definition) is 2. The second-order valence-corrected chi connectivity index (χ2v) is 5.09. The Hall–Kier alpha value is -1.74. The van der Waals surface area contributed by atoms with E-state index < -0.39 is 5.97 Å². The van der Waals surface area contributed by atoms with Crippen molar-refractivity contribution in [1.82, 2.24) is 5.32 Å². The van der Waals surface area contributed by atoms with Gasteiger partial charge in [-0.2, -0.15) is 0 Å². The number of nitrogens with one attached hydrogen (secondary N) is 1. The zero-order valence-corrected chi connectivity index (χ0v) is 12.0. The fourth-order valence-corrected chi connectivity index (χ4v) is 2.85. The quantitative estimate of drug-likeness (QED) is 0.835. The van der Waals surface area contributed by atoms with Gasteiger partial charge in [-0.3, -0.25) is 0 Å². The number of dihydropyridines is 1. The summed E-state index contributed by atoms with van der Waals surface area (Å²) >= 11 is 0. The molecule has 2 aliphatic rings. The van der Waals surface area contributed by atoms with Crippen molar-refractivity contribution in [3.05, 3.63) is 52.6 Å². The molecule has 1 aromatic rings. The Morgan fingerprint density at radius 2 is 1.90 bits per heavy atom. The van der Waals surface area contributed by atoms with E-state index in [1.807, 2.05) is 12.1 Å². The number of carbonyl (C=O) groups is 1. The molecule has 0 atom stereocenters. The molecule has 0 saturated heterocycles. The Morgan fingerprint density at radius 3 is 2.70 bits per heavy atom. The van der Waals surface area contributed by atoms with Crippen LogP contribution in [0.15, 0.2) is 41.5 Å². The number of benzene rings is 1. The van der Waals surface area contributed by atoms with Gasteiger partial charge in [0.2, 0.25) is 0 Å². The van der Waals surface area contributed by atoms with E-state index in [9.17, 15) is 4.79 Å². The molecule has 0 radical (unpaired) electrons. The van der Waals surface area contributed by atoms with Gasteiger partial charge in [0.25, 0.3) is 0 Å². The number of carboxylic acids is 1. The molecule has 1 aliphatic carbocycles. The number of allylic oxidation sites excluding steroid dienone is 2. The van der Waals surface area contributed by atoms with E-state index in [2.05, 4.69) is 23.5 Å². The molecule has 0 bridgehead atoms. The molecule has 0 saturated carbocycles. The monoisotopic (exact) mass is 291 g/mol. The zero-order chi connectivity index (χ0) is 13.2. The topological polar surface area (TPSA) is 49.3 Å². The van der Waals surface area contributed by atoms with E-state index >= 15 is 0 Å². The molecule has 0 fully saturated rings. The van der Waals surface area contributed by atoms with E-state index in [4.69, 9.17) is 5.11 Å². The first-order valence-electron chi connectivity index (χ1n) is 6.75. The third-order valence-corrected chi connectivity index (χ3v) is 3.83. The minimum Gasteiger partial charge on any atom is -0.478 e. The molecule has 106 valence electrons. The number of aliphatic carboxylic acids is 1. The third kappa shape index (κ3) is 2.73. The summed E-state index contributed by atoms with van der Waals surface area (Å²) < 4.78 is 0. The molecule has 0 aromatic heterocycles. The lowest BCUT2D eigenvalue weighted by molar-refractivity contribution is -0.132. The number of hydrogen-bond acceptors (Lipinski definition) is 2. The molecular formula is C16H18ClNO2. The molecule has 0 unspecified atom stereocenters. The molecule has 1 heterocycles. The van der Waals surface area contributed by atoms with E-state index in [0.29, 0.717) is 12.1 Å². The van der Waals surface area contributed by atoms with Crippen LogP contribution in [0.1, 0.15) is 30.4 Å². The summed E-state index contributed by atoms with van der Waals surface area (Å²) in [5, 5.41) is 12.4. The summed E-state index contributed by atoms with van der Waals surface area (Å²) in [7, 11) is 0. The molecule has 4 heteroatoms. The standard InChI is InChI=1S/C16H17NO2.ClH/c18-16(19)13-9-12-7-2-1-5-11-6-3-4-8-14(11)15(12)17-10-13;/h3-4,6,8-9,17H,1-2,5,7,10H2,(H,18,19);1H. The fourth-order valence-electron chi connectivity index (χ4n) is 2.85. The summed E-state index contributed by atoms with van der Waals surface area (Å²) in [6.45, 7) is 0.405. The zero-order valence-electron chi connectivity index (χ0n) is 11.2. The highest BCUT2D eigenvalue weighted by molar-refractivity contribution is 5.90. The van der Waals surface area contributed by atoms with Gasteiger partial charge in [0.1, 0.15) is 0 Å². The lowest BCUT2D eigenvalue weighted by Gasteiger charge is -2.25. The van der Waals surface area contributed by atoms with Crippen molar-refractivity contribution in [2.45, 2.75) is 25.7 Å². The minimum absolute atomic E-state index is 0. The van der Waals surface area contributed by atoms with Gasteiger partial charge >= 0.3 is 5.97 Å². The van der Waals surface area contributed by atoms with Gasteiger partial charge in [-0.15, -0.1) is 12.4 Å². The van der Waals surface area contributed by atoms with Crippen LogP contribution in [-0.4, -0.2) is 17.6 Å². The van der Waals surface area contributed by atoms with Crippen molar-refractivity contribution >= 4 is 24.1 Å². The number of halogens is 1. The number of fused-ring (bicyclic) bond motifs is 2. The molecule has 3 rings (SSSR count). The summed E-state index contributed by atoms with van der Waals surface area (Å²) in [6.07, 6.45) is 6.18. The molecule has 2 N–H and O–H groups in total. The third-order valence-electron chi connectivity index (χ3n) is 3.83. The second-order valence-electron chi connectivity index (χ2n) is 5.09. The Bertz CT molecular complexity index is 590. The van der Waals surface area contributed by atoms with Crippen LogP contribution in [0.2, 0.25) is 0 Å². The normalized spacial score (nSPS) is 17.5. The first kappa shape index (κ1) is 14.7. The molecular weight excluding hydrogens is 274 g/mol. The summed E-state index contributed by atoms with van der Waals surface area (Å²) in [4.78, 5) is 11.1. The SMILES string of the molecule is Cl.O=C(O)C1=CC2=C(NC1)c1ccccc1CCCC2. The summed E-state index contributed by atoms with van der Waals surface area (Å²) in [6, 6.07) is 8.41. The first-order valence-corrected chi connectivity index (χ1v) is 6.75. The Morgan fingerprint density at radius 1 is 1.15 bits per heavy atom. The van der Waals surface area contributed by atoms with E-state index in [1.54, 1.807) is 0 Å². The highest BCUT2D eigenvalue weighted by Gasteiger charge is 2.20. The lowest BCUT2D eigenvalue weighted by atomic mass is 9.89. The van der Waals surface area contributed by atoms with Crippen LogP contribution in [0, 0.1) is 0 Å². The predicted molar refractivity (Wildman–Crippen MR) is 81.9 cm³/mol. The van der Waals surface area contributed by atoms with Gasteiger partial charge in [0.05, 0.1) is 5.57 Å². The van der Waals surface area contributed by atoms with Crippen LogP contribution in [0.25, 0.3) is 5.70 Å². The smallest absolute Gasteiger partial charge is 0.333 e. The van der Waals surface area contributed by atoms with Crippen molar-refractivity contribution in [3.8, 4) is 0 Å². The Labute approximate surface area is 124 Å². The largest absolute Gasteiger partial charge is 0.478 e. The molecule has 0 spiro atoms. The Kier molecular flexibility index (Phi) is 4.50. The van der Waals surface area contributed by atoms with E-state index in [1.165, 1.54) is 11.1 Å². The van der Waals surface area contributed by atoms with Gasteiger partial charge in [-0.05, 0) is 42.9 Å². The van der Waals surface area contributed by atoms with Gasteiger partial charge < -0.3 is 10.4 Å². The van der Waals surface area contributed by atoms with Gasteiger partial charge in [-0.25, -0.2) is 4.79 Å². The fraction of sp³-hybridized carbons (Fsp3) is 0.312. The minimum atomic E-state index is -0.825. The van der Waals surface area contributed by atoms with E-state index in [0.717, 1.165) is 37.0 Å². The maximum absolute atomic E-state index is 11.1. The van der Waals surface area contributed by atoms with Crippen LogP contribution in [0.5, 0.6) is 0 Å². The molecule has 3 nitrogen and oxygen atoms in total. The predicted octanol–water partition coefficient (Wildman–Crippen LogP) is 3.16. The Balaban J connectivity index is 0.00000147. The molecule has 20 heavy (non-hydrogen) atoms. The van der Waals surface area contributed by atoms with Crippen LogP contribution in [0.4, 0.5) is 0 Å². The molecule has 0 amide bonds. The van der Waals surface area contributed by atoms with Gasteiger partial charge in [0, 0.05) is 17.8 Å². The average Bonchev–Trinajstić information content (AvgIpc) is 2.41. The highest BCUT2D eigenvalue weighted by atomic mass is 35.5. The van der Waals surface area contributed by atoms with Crippen molar-refractivity contribution in [2.75, 3.05) is 6.54 Å². The molecule has 1 aromatic carbocycles. The lowest BCUT2D eigenvalue weighted by Crippen LogP contribution is -2.26. The second kappa shape index (κ2) is 6.14. The number of carboxylic acid groups (broad SMARTS) is 1. The van der Waals surface area contributed by atoms with E-state index in [-0.39, 0.29) is 12.4 Å². The van der Waals surface area contributed by atoms with Crippen molar-refractivity contribution in [3.63, 3.8) is 0 Å². The maximum Gasteiger partial charge on any atom is 0.333 e. The summed E-state index contributed by atoms with van der Waals surface area (Å²) in [5.74, 6) is -0.825. The summed E-state index contributed by atoms with van der Waals surface area (Å²) in [5.41, 5.74) is 5.31. The van der Waals surface area contributed by atoms with Crippen LogP contribution in [-0.2, 0) is 11.2 Å². The highest BCUT2D eigenvalue weighted by Crippen LogP contribution is 2.31. The number of aryl methyl sites for hydroxylation is 1. The van der Waals surface area contributed by atoms with Gasteiger partial charge in [-0.1, -0.05) is 24.3 Å². The van der Waals surface area contributed by atoms with Gasteiger partial charge in [0.15, 0.2) is 0 Å². The van der Waals surface area contributed by atoms with Crippen LogP contribution < -0.4 is 5.32 Å². The maximum atomic E-state index is 11.1. The van der Waals surface area contributed by atoms with Crippen molar-refractivity contribution in [1.29, 1.82) is 0 Å². The number of rotatable bonds is 1. The average molecular weight is 292 g/mol.